The van der Waals surface area contributed by atoms with Crippen molar-refractivity contribution in [3.05, 3.63) is 0 Å². The minimum Gasteiger partial charge on any atom is -0.372 e. The highest BCUT2D eigenvalue weighted by molar-refractivity contribution is 5.93. The molecule has 1 N–H and O–H groups in total. The summed E-state index contributed by atoms with van der Waals surface area (Å²) in [6.45, 7) is 0.299. The number of rotatable bonds is 1. The molecule has 0 saturated heterocycles. The largest absolute Gasteiger partial charge is 0.372 e. The molecular formula is C6H9NO2. The summed E-state index contributed by atoms with van der Waals surface area (Å²) in [7, 11) is 3.06. The first-order valence-electron chi connectivity index (χ1n) is 2.50. The van der Waals surface area contributed by atoms with Crippen LogP contribution in [0.2, 0.25) is 0 Å². The first kappa shape index (κ1) is 7.99. The predicted octanol–water partition coefficient (Wildman–Crippen LogP) is -0.618. The molecule has 0 unspecified atom stereocenters. The zero-order chi connectivity index (χ0) is 7.11. The molecule has 0 bridgehead atoms. The van der Waals surface area contributed by atoms with Crippen molar-refractivity contribution >= 4 is 5.91 Å². The van der Waals surface area contributed by atoms with E-state index in [-0.39, 0.29) is 5.91 Å². The minimum atomic E-state index is -0.285. The van der Waals surface area contributed by atoms with Gasteiger partial charge in [0.25, 0.3) is 5.91 Å². The number of hydrogen-bond acceptors (Lipinski definition) is 2. The predicted molar refractivity (Wildman–Crippen MR) is 33.7 cm³/mol. The third-order valence-corrected chi connectivity index (χ3v) is 0.645. The Morgan fingerprint density at radius 2 is 2.44 bits per heavy atom. The molecule has 3 nitrogen and oxygen atoms in total. The smallest absolute Gasteiger partial charge is 0.295 e. The molecule has 0 aromatic rings. The molecule has 1 amide bonds. The average Bonchev–Trinajstić information content (AvgIpc) is 1.89. The molecule has 0 fully saturated rings. The Kier molecular flexibility index (Phi) is 4.56. The lowest BCUT2D eigenvalue weighted by atomic mass is 10.5. The lowest BCUT2D eigenvalue weighted by Crippen LogP contribution is -2.14. The molecule has 0 spiro atoms. The van der Waals surface area contributed by atoms with Crippen molar-refractivity contribution in [3.63, 3.8) is 0 Å². The van der Waals surface area contributed by atoms with Gasteiger partial charge in [-0.05, 0) is 5.92 Å². The molecule has 3 heteroatoms. The Hall–Kier alpha value is -1.01. The van der Waals surface area contributed by atoms with Gasteiger partial charge in [-0.2, -0.15) is 0 Å². The highest BCUT2D eigenvalue weighted by atomic mass is 16.5. The molecule has 0 aliphatic carbocycles. The number of methoxy groups -OCH3 is 1. The van der Waals surface area contributed by atoms with Gasteiger partial charge in [0.15, 0.2) is 0 Å². The van der Waals surface area contributed by atoms with Gasteiger partial charge in [0.2, 0.25) is 0 Å². The van der Waals surface area contributed by atoms with E-state index in [1.807, 2.05) is 0 Å². The van der Waals surface area contributed by atoms with Crippen molar-refractivity contribution in [2.45, 2.75) is 0 Å². The van der Waals surface area contributed by atoms with Gasteiger partial charge in [-0.1, -0.05) is 5.92 Å². The second-order valence-electron chi connectivity index (χ2n) is 1.31. The molecule has 0 atom stereocenters. The van der Waals surface area contributed by atoms with Crippen LogP contribution in [0.4, 0.5) is 0 Å². The molecule has 0 saturated carbocycles. The molecule has 0 aromatic carbocycles. The van der Waals surface area contributed by atoms with Crippen molar-refractivity contribution < 1.29 is 9.53 Å². The van der Waals surface area contributed by atoms with Crippen LogP contribution in [-0.2, 0) is 9.53 Å². The normalized spacial score (nSPS) is 7.33. The monoisotopic (exact) mass is 127 g/mol. The highest BCUT2D eigenvalue weighted by Gasteiger charge is 1.83. The maximum absolute atomic E-state index is 10.3. The fourth-order valence-electron chi connectivity index (χ4n) is 0.251. The summed E-state index contributed by atoms with van der Waals surface area (Å²) in [6.07, 6.45) is 0. The van der Waals surface area contributed by atoms with Gasteiger partial charge in [0.1, 0.15) is 6.61 Å². The summed E-state index contributed by atoms with van der Waals surface area (Å²) in [5.74, 6) is 4.52. The second kappa shape index (κ2) is 5.13. The van der Waals surface area contributed by atoms with Crippen LogP contribution < -0.4 is 5.32 Å². The Bertz CT molecular complexity index is 143. The Balaban J connectivity index is 3.46. The number of nitrogens with one attached hydrogen (secondary N) is 1. The highest BCUT2D eigenvalue weighted by Crippen LogP contribution is 1.61. The van der Waals surface area contributed by atoms with E-state index < -0.39 is 0 Å². The number of amides is 1. The molecule has 0 aliphatic rings. The van der Waals surface area contributed by atoms with Gasteiger partial charge in [0.05, 0.1) is 0 Å². The summed E-state index contributed by atoms with van der Waals surface area (Å²) in [6, 6.07) is 0. The summed E-state index contributed by atoms with van der Waals surface area (Å²) in [5.41, 5.74) is 0. The van der Waals surface area contributed by atoms with Crippen LogP contribution in [0.5, 0.6) is 0 Å². The van der Waals surface area contributed by atoms with Crippen molar-refractivity contribution in [1.82, 2.24) is 5.32 Å². The van der Waals surface area contributed by atoms with Crippen LogP contribution >= 0.6 is 0 Å². The lowest BCUT2D eigenvalue weighted by molar-refractivity contribution is -0.115. The first-order chi connectivity index (χ1) is 4.31. The lowest BCUT2D eigenvalue weighted by Gasteiger charge is -1.84. The standard InChI is InChI=1S/C6H9NO2/c1-7-6(8)4-3-5-9-2/h5H2,1-2H3,(H,7,8). The summed E-state index contributed by atoms with van der Waals surface area (Å²) in [5, 5.41) is 2.36. The van der Waals surface area contributed by atoms with E-state index >= 15 is 0 Å². The van der Waals surface area contributed by atoms with Crippen LogP contribution in [0.1, 0.15) is 0 Å². The quantitative estimate of drug-likeness (QED) is 0.477. The van der Waals surface area contributed by atoms with Crippen molar-refractivity contribution in [1.29, 1.82) is 0 Å². The zero-order valence-corrected chi connectivity index (χ0v) is 5.52. The average molecular weight is 127 g/mol. The SMILES string of the molecule is CNC(=O)C#CCOC. The van der Waals surface area contributed by atoms with E-state index in [1.54, 1.807) is 0 Å². The molecule has 9 heavy (non-hydrogen) atoms. The van der Waals surface area contributed by atoms with Gasteiger partial charge in [-0.25, -0.2) is 0 Å². The van der Waals surface area contributed by atoms with E-state index in [0.29, 0.717) is 6.61 Å². The number of carbonyl (C=O) groups is 1. The van der Waals surface area contributed by atoms with E-state index in [2.05, 4.69) is 21.9 Å². The van der Waals surface area contributed by atoms with Crippen molar-refractivity contribution in [2.24, 2.45) is 0 Å². The second-order valence-corrected chi connectivity index (χ2v) is 1.31. The van der Waals surface area contributed by atoms with Gasteiger partial charge in [-0.15, -0.1) is 0 Å². The van der Waals surface area contributed by atoms with Crippen molar-refractivity contribution in [3.8, 4) is 11.8 Å². The van der Waals surface area contributed by atoms with Gasteiger partial charge < -0.3 is 10.1 Å². The zero-order valence-electron chi connectivity index (χ0n) is 5.52. The number of carbonyl (C=O) groups excluding carboxylic acids is 1. The molecule has 0 heterocycles. The molecule has 0 radical (unpaired) electrons. The maximum atomic E-state index is 10.3. The van der Waals surface area contributed by atoms with Gasteiger partial charge in [0, 0.05) is 14.2 Å². The Labute approximate surface area is 54.4 Å². The van der Waals surface area contributed by atoms with E-state index in [9.17, 15) is 4.79 Å². The topological polar surface area (TPSA) is 38.3 Å². The number of hydrogen-bond donors (Lipinski definition) is 1. The van der Waals surface area contributed by atoms with E-state index in [4.69, 9.17) is 0 Å². The number of ether oxygens (including phenoxy) is 1. The van der Waals surface area contributed by atoms with E-state index in [1.165, 1.54) is 14.2 Å². The first-order valence-corrected chi connectivity index (χ1v) is 2.50. The fourth-order valence-corrected chi connectivity index (χ4v) is 0.251. The molecular weight excluding hydrogens is 118 g/mol. The summed E-state index contributed by atoms with van der Waals surface area (Å²) >= 11 is 0. The summed E-state index contributed by atoms with van der Waals surface area (Å²) < 4.78 is 4.58. The third-order valence-electron chi connectivity index (χ3n) is 0.645. The molecule has 50 valence electrons. The minimum absolute atomic E-state index is 0.285. The maximum Gasteiger partial charge on any atom is 0.295 e. The van der Waals surface area contributed by atoms with Gasteiger partial charge in [-0.3, -0.25) is 4.79 Å². The van der Waals surface area contributed by atoms with Crippen LogP contribution in [-0.4, -0.2) is 26.7 Å². The molecule has 0 aromatic heterocycles. The van der Waals surface area contributed by atoms with Crippen LogP contribution in [0, 0.1) is 11.8 Å². The Morgan fingerprint density at radius 1 is 1.78 bits per heavy atom. The van der Waals surface area contributed by atoms with Crippen LogP contribution in [0.25, 0.3) is 0 Å². The summed E-state index contributed by atoms with van der Waals surface area (Å²) in [4.78, 5) is 10.3. The van der Waals surface area contributed by atoms with Crippen molar-refractivity contribution in [2.75, 3.05) is 20.8 Å². The third kappa shape index (κ3) is 4.85. The molecule has 0 aliphatic heterocycles. The van der Waals surface area contributed by atoms with Gasteiger partial charge >= 0.3 is 0 Å². The fraction of sp³-hybridized carbons (Fsp3) is 0.500. The molecule has 0 rings (SSSR count). The van der Waals surface area contributed by atoms with Crippen LogP contribution in [0.3, 0.4) is 0 Å². The van der Waals surface area contributed by atoms with E-state index in [0.717, 1.165) is 0 Å². The van der Waals surface area contributed by atoms with Crippen LogP contribution in [0.15, 0.2) is 0 Å². The Morgan fingerprint density at radius 3 is 2.89 bits per heavy atom.